The molecule has 1 saturated carbocycles. The summed E-state index contributed by atoms with van der Waals surface area (Å²) in [5.41, 5.74) is 2.25. The molecule has 0 bridgehead atoms. The van der Waals surface area contributed by atoms with Gasteiger partial charge in [0.2, 0.25) is 0 Å². The molecule has 1 aliphatic rings. The van der Waals surface area contributed by atoms with Crippen LogP contribution < -0.4 is 10.6 Å². The average Bonchev–Trinajstić information content (AvgIpc) is 3.24. The van der Waals surface area contributed by atoms with Gasteiger partial charge in [-0.25, -0.2) is 0 Å². The first kappa shape index (κ1) is 15.6. The van der Waals surface area contributed by atoms with E-state index in [0.717, 1.165) is 23.9 Å². The minimum atomic E-state index is 0.488. The number of hydrogen-bond acceptors (Lipinski definition) is 3. The molecule has 6 nitrogen and oxygen atoms in total. The largest absolute Gasteiger partial charge is 0.353 e. The minimum absolute atomic E-state index is 0.488. The van der Waals surface area contributed by atoms with Crippen LogP contribution in [0.25, 0.3) is 5.65 Å². The van der Waals surface area contributed by atoms with E-state index in [2.05, 4.69) is 56.2 Å². The molecule has 2 N–H and O–H groups in total. The van der Waals surface area contributed by atoms with E-state index in [9.17, 15) is 0 Å². The van der Waals surface area contributed by atoms with Gasteiger partial charge in [0.1, 0.15) is 0 Å². The predicted octanol–water partition coefficient (Wildman–Crippen LogP) is 2.03. The number of aromatic nitrogens is 3. The lowest BCUT2D eigenvalue weighted by Gasteiger charge is -2.11. The molecule has 2 unspecified atom stereocenters. The van der Waals surface area contributed by atoms with Crippen molar-refractivity contribution in [2.45, 2.75) is 25.4 Å². The molecule has 3 aromatic rings. The van der Waals surface area contributed by atoms with E-state index >= 15 is 0 Å². The van der Waals surface area contributed by atoms with Crippen LogP contribution in [0.3, 0.4) is 0 Å². The highest BCUT2D eigenvalue weighted by molar-refractivity contribution is 5.80. The van der Waals surface area contributed by atoms with Crippen molar-refractivity contribution in [3.05, 3.63) is 66.1 Å². The highest BCUT2D eigenvalue weighted by atomic mass is 15.3. The second-order valence-electron chi connectivity index (χ2n) is 6.41. The zero-order valence-electron chi connectivity index (χ0n) is 14.3. The Hall–Kier alpha value is -2.89. The fourth-order valence-corrected chi connectivity index (χ4v) is 3.11. The van der Waals surface area contributed by atoms with Gasteiger partial charge < -0.3 is 10.6 Å². The summed E-state index contributed by atoms with van der Waals surface area (Å²) in [7, 11) is 1.80. The summed E-state index contributed by atoms with van der Waals surface area (Å²) in [6.45, 7) is 0.584. The van der Waals surface area contributed by atoms with E-state index in [0.29, 0.717) is 18.5 Å². The molecule has 0 radical (unpaired) electrons. The van der Waals surface area contributed by atoms with Crippen molar-refractivity contribution in [3.63, 3.8) is 0 Å². The molecule has 2 atom stereocenters. The number of guanidine groups is 1. The normalized spacial score (nSPS) is 19.8. The maximum atomic E-state index is 4.33. The minimum Gasteiger partial charge on any atom is -0.353 e. The average molecular weight is 334 g/mol. The number of nitrogens with zero attached hydrogens (tertiary/aromatic N) is 4. The highest BCUT2D eigenvalue weighted by Gasteiger charge is 2.37. The Kier molecular flexibility index (Phi) is 4.33. The van der Waals surface area contributed by atoms with Crippen molar-refractivity contribution in [1.29, 1.82) is 0 Å². The van der Waals surface area contributed by atoms with Gasteiger partial charge in [0.25, 0.3) is 0 Å². The lowest BCUT2D eigenvalue weighted by molar-refractivity contribution is 0.711. The Balaban J connectivity index is 1.30. The SMILES string of the molecule is CN=C(NCc1nnc2ccccn12)NC1CC1Cc1ccccc1. The molecule has 0 spiro atoms. The molecule has 1 fully saturated rings. The molecular formula is C19H22N6. The molecule has 1 aliphatic carbocycles. The Bertz CT molecular complexity index is 870. The van der Waals surface area contributed by atoms with Gasteiger partial charge in [0.05, 0.1) is 6.54 Å². The standard InChI is InChI=1S/C19H22N6/c1-20-19(21-13-18-24-23-17-9-5-6-10-25(17)18)22-16-12-15(16)11-14-7-3-2-4-8-14/h2-10,15-16H,11-13H2,1H3,(H2,20,21,22). The lowest BCUT2D eigenvalue weighted by Crippen LogP contribution is -2.39. The Morgan fingerprint density at radius 2 is 2.00 bits per heavy atom. The Morgan fingerprint density at radius 3 is 2.84 bits per heavy atom. The molecule has 2 heterocycles. The lowest BCUT2D eigenvalue weighted by atomic mass is 10.1. The summed E-state index contributed by atoms with van der Waals surface area (Å²) in [4.78, 5) is 4.33. The number of benzene rings is 1. The summed E-state index contributed by atoms with van der Waals surface area (Å²) < 4.78 is 1.98. The maximum Gasteiger partial charge on any atom is 0.191 e. The number of nitrogens with one attached hydrogen (secondary N) is 2. The third-order valence-corrected chi connectivity index (χ3v) is 4.61. The molecule has 25 heavy (non-hydrogen) atoms. The fraction of sp³-hybridized carbons (Fsp3) is 0.316. The van der Waals surface area contributed by atoms with Gasteiger partial charge >= 0.3 is 0 Å². The van der Waals surface area contributed by atoms with E-state index in [-0.39, 0.29) is 0 Å². The molecule has 4 rings (SSSR count). The predicted molar refractivity (Wildman–Crippen MR) is 98.4 cm³/mol. The Morgan fingerprint density at radius 1 is 1.16 bits per heavy atom. The number of rotatable bonds is 5. The molecule has 0 aliphatic heterocycles. The first-order valence-corrected chi connectivity index (χ1v) is 8.63. The van der Waals surface area contributed by atoms with Gasteiger partial charge in [0, 0.05) is 19.3 Å². The van der Waals surface area contributed by atoms with E-state index in [1.807, 2.05) is 28.8 Å². The molecule has 0 amide bonds. The number of pyridine rings is 1. The summed E-state index contributed by atoms with van der Waals surface area (Å²) >= 11 is 0. The van der Waals surface area contributed by atoms with Gasteiger partial charge in [-0.2, -0.15) is 0 Å². The van der Waals surface area contributed by atoms with Gasteiger partial charge in [-0.1, -0.05) is 36.4 Å². The molecule has 0 saturated heterocycles. The number of aliphatic imine (C=N–C) groups is 1. The molecule has 128 valence electrons. The molecule has 1 aromatic carbocycles. The number of fused-ring (bicyclic) bond motifs is 1. The van der Waals surface area contributed by atoms with Gasteiger partial charge in [-0.05, 0) is 36.5 Å². The van der Waals surface area contributed by atoms with Crippen LogP contribution in [0.5, 0.6) is 0 Å². The third-order valence-electron chi connectivity index (χ3n) is 4.61. The topological polar surface area (TPSA) is 66.6 Å². The first-order valence-electron chi connectivity index (χ1n) is 8.63. The van der Waals surface area contributed by atoms with Crippen LogP contribution in [-0.4, -0.2) is 33.6 Å². The molecular weight excluding hydrogens is 312 g/mol. The summed E-state index contributed by atoms with van der Waals surface area (Å²) in [6.07, 6.45) is 4.27. The zero-order chi connectivity index (χ0) is 17.1. The molecule has 2 aromatic heterocycles. The zero-order valence-corrected chi connectivity index (χ0v) is 14.3. The van der Waals surface area contributed by atoms with Crippen LogP contribution in [0, 0.1) is 5.92 Å². The number of hydrogen-bond donors (Lipinski definition) is 2. The van der Waals surface area contributed by atoms with Gasteiger partial charge in [-0.3, -0.25) is 9.39 Å². The van der Waals surface area contributed by atoms with E-state index < -0.39 is 0 Å². The fourth-order valence-electron chi connectivity index (χ4n) is 3.11. The Labute approximate surface area is 147 Å². The maximum absolute atomic E-state index is 4.33. The van der Waals surface area contributed by atoms with Crippen LogP contribution >= 0.6 is 0 Å². The van der Waals surface area contributed by atoms with Crippen LogP contribution in [0.15, 0.2) is 59.7 Å². The van der Waals surface area contributed by atoms with Crippen LogP contribution in [-0.2, 0) is 13.0 Å². The second-order valence-corrected chi connectivity index (χ2v) is 6.41. The highest BCUT2D eigenvalue weighted by Crippen LogP contribution is 2.33. The van der Waals surface area contributed by atoms with E-state index in [4.69, 9.17) is 0 Å². The van der Waals surface area contributed by atoms with E-state index in [1.54, 1.807) is 7.05 Å². The summed E-state index contributed by atoms with van der Waals surface area (Å²) in [6, 6.07) is 17.0. The van der Waals surface area contributed by atoms with Crippen LogP contribution in [0.1, 0.15) is 17.8 Å². The second kappa shape index (κ2) is 6.93. The van der Waals surface area contributed by atoms with E-state index in [1.165, 1.54) is 12.0 Å². The van der Waals surface area contributed by atoms with Crippen molar-refractivity contribution < 1.29 is 0 Å². The third kappa shape index (κ3) is 3.63. The van der Waals surface area contributed by atoms with Crippen molar-refractivity contribution in [3.8, 4) is 0 Å². The van der Waals surface area contributed by atoms with Gasteiger partial charge in [-0.15, -0.1) is 10.2 Å². The van der Waals surface area contributed by atoms with Crippen LogP contribution in [0.2, 0.25) is 0 Å². The summed E-state index contributed by atoms with van der Waals surface area (Å²) in [5, 5.41) is 15.2. The van der Waals surface area contributed by atoms with Gasteiger partial charge in [0.15, 0.2) is 17.4 Å². The quantitative estimate of drug-likeness (QED) is 0.553. The van der Waals surface area contributed by atoms with Crippen molar-refractivity contribution in [1.82, 2.24) is 25.2 Å². The van der Waals surface area contributed by atoms with Crippen molar-refractivity contribution in [2.24, 2.45) is 10.9 Å². The molecule has 6 heteroatoms. The smallest absolute Gasteiger partial charge is 0.191 e. The van der Waals surface area contributed by atoms with Crippen molar-refractivity contribution in [2.75, 3.05) is 7.05 Å². The van der Waals surface area contributed by atoms with Crippen LogP contribution in [0.4, 0.5) is 0 Å². The van der Waals surface area contributed by atoms with Crippen molar-refractivity contribution >= 4 is 11.6 Å². The summed E-state index contributed by atoms with van der Waals surface area (Å²) in [5.74, 6) is 2.36. The monoisotopic (exact) mass is 334 g/mol. The first-order chi connectivity index (χ1) is 12.3.